The molecule has 0 aliphatic rings. The highest BCUT2D eigenvalue weighted by Crippen LogP contribution is 2.29. The highest BCUT2D eigenvalue weighted by atomic mass is 32.2. The lowest BCUT2D eigenvalue weighted by Crippen LogP contribution is -2.17. The number of nitrogens with zero attached hydrogens (tertiary/aromatic N) is 2. The van der Waals surface area contributed by atoms with Gasteiger partial charge in [-0.25, -0.2) is 5.43 Å². The number of rotatable bonds is 7. The van der Waals surface area contributed by atoms with Crippen molar-refractivity contribution in [3.05, 3.63) is 69.3 Å². The molecular weight excluding hydrogens is 342 g/mol. The lowest BCUT2D eigenvalue weighted by atomic mass is 10.1. The van der Waals surface area contributed by atoms with E-state index in [1.165, 1.54) is 24.0 Å². The van der Waals surface area contributed by atoms with Crippen LogP contribution in [-0.2, 0) is 0 Å². The predicted octanol–water partition coefficient (Wildman–Crippen LogP) is 2.75. The number of nitro groups is 1. The first-order valence-electron chi connectivity index (χ1n) is 7.43. The zero-order valence-electron chi connectivity index (χ0n) is 13.5. The van der Waals surface area contributed by atoms with E-state index in [9.17, 15) is 14.9 Å². The van der Waals surface area contributed by atoms with Crippen molar-refractivity contribution in [1.82, 2.24) is 5.43 Å². The summed E-state index contributed by atoms with van der Waals surface area (Å²) in [7, 11) is 0. The Morgan fingerprint density at radius 1 is 1.36 bits per heavy atom. The number of aryl methyl sites for hydroxylation is 1. The zero-order chi connectivity index (χ0) is 18.2. The van der Waals surface area contributed by atoms with E-state index >= 15 is 0 Å². The summed E-state index contributed by atoms with van der Waals surface area (Å²) in [6.07, 6.45) is 1.35. The van der Waals surface area contributed by atoms with Crippen molar-refractivity contribution in [1.29, 1.82) is 0 Å². The van der Waals surface area contributed by atoms with Gasteiger partial charge in [-0.2, -0.15) is 5.10 Å². The van der Waals surface area contributed by atoms with Gasteiger partial charge in [-0.3, -0.25) is 14.9 Å². The monoisotopic (exact) mass is 359 g/mol. The molecule has 0 spiro atoms. The first kappa shape index (κ1) is 18.6. The normalized spacial score (nSPS) is 10.8. The quantitative estimate of drug-likeness (QED) is 0.342. The lowest BCUT2D eigenvalue weighted by Gasteiger charge is -2.03. The minimum Gasteiger partial charge on any atom is -0.396 e. The molecule has 0 atom stereocenters. The van der Waals surface area contributed by atoms with E-state index in [1.54, 1.807) is 30.3 Å². The average molecular weight is 359 g/mol. The molecule has 0 heterocycles. The van der Waals surface area contributed by atoms with Crippen LogP contribution in [0.15, 0.2) is 52.5 Å². The number of thioether (sulfide) groups is 1. The minimum atomic E-state index is -0.484. The van der Waals surface area contributed by atoms with Crippen LogP contribution in [0.5, 0.6) is 0 Å². The van der Waals surface area contributed by atoms with Crippen LogP contribution in [0.1, 0.15) is 21.5 Å². The van der Waals surface area contributed by atoms with E-state index in [2.05, 4.69) is 10.5 Å². The van der Waals surface area contributed by atoms with Gasteiger partial charge in [0.25, 0.3) is 11.6 Å². The Morgan fingerprint density at radius 2 is 2.16 bits per heavy atom. The Hall–Kier alpha value is -2.71. The second-order valence-corrected chi connectivity index (χ2v) is 6.26. The minimum absolute atomic E-state index is 0.0595. The van der Waals surface area contributed by atoms with Crippen molar-refractivity contribution in [2.24, 2.45) is 5.10 Å². The van der Waals surface area contributed by atoms with Crippen molar-refractivity contribution >= 4 is 29.6 Å². The number of carbonyl (C=O) groups is 1. The van der Waals surface area contributed by atoms with Gasteiger partial charge in [0.15, 0.2) is 0 Å². The third kappa shape index (κ3) is 5.40. The summed E-state index contributed by atoms with van der Waals surface area (Å²) in [4.78, 5) is 23.1. The van der Waals surface area contributed by atoms with Crippen LogP contribution in [0.4, 0.5) is 5.69 Å². The highest BCUT2D eigenvalue weighted by Gasteiger charge is 2.14. The standard InChI is InChI=1S/C17H17N3O4S/c1-12-3-2-4-14(9-12)17(22)19-18-11-13-5-6-16(25-8-7-21)15(10-13)20(23)24/h2-6,9-11,21H,7-8H2,1H3,(H,19,22). The Kier molecular flexibility index (Phi) is 6.67. The molecule has 2 aromatic rings. The molecule has 8 heteroatoms. The molecule has 2 rings (SSSR count). The molecule has 0 unspecified atom stereocenters. The Bertz CT molecular complexity index is 808. The molecule has 25 heavy (non-hydrogen) atoms. The first-order valence-corrected chi connectivity index (χ1v) is 8.42. The van der Waals surface area contributed by atoms with E-state index in [-0.39, 0.29) is 18.2 Å². The molecule has 7 nitrogen and oxygen atoms in total. The number of nitrogens with one attached hydrogen (secondary N) is 1. The van der Waals surface area contributed by atoms with E-state index in [0.717, 1.165) is 5.56 Å². The number of nitro benzene ring substituents is 1. The maximum Gasteiger partial charge on any atom is 0.283 e. The maximum absolute atomic E-state index is 12.0. The van der Waals surface area contributed by atoms with Crippen LogP contribution in [-0.4, -0.2) is 34.5 Å². The fourth-order valence-electron chi connectivity index (χ4n) is 2.05. The van der Waals surface area contributed by atoms with Crippen molar-refractivity contribution in [3.8, 4) is 0 Å². The van der Waals surface area contributed by atoms with Gasteiger partial charge < -0.3 is 5.11 Å². The summed E-state index contributed by atoms with van der Waals surface area (Å²) in [5, 5.41) is 23.8. The molecular formula is C17H17N3O4S. The molecule has 0 saturated carbocycles. The topological polar surface area (TPSA) is 105 Å². The van der Waals surface area contributed by atoms with Gasteiger partial charge in [-0.15, -0.1) is 11.8 Å². The molecule has 0 aromatic heterocycles. The average Bonchev–Trinajstić information content (AvgIpc) is 2.60. The lowest BCUT2D eigenvalue weighted by molar-refractivity contribution is -0.387. The molecule has 2 aromatic carbocycles. The maximum atomic E-state index is 12.0. The molecule has 0 bridgehead atoms. The predicted molar refractivity (Wildman–Crippen MR) is 97.1 cm³/mol. The summed E-state index contributed by atoms with van der Waals surface area (Å²) < 4.78 is 0. The third-order valence-corrected chi connectivity index (χ3v) is 4.23. The van der Waals surface area contributed by atoms with E-state index in [1.807, 2.05) is 13.0 Å². The summed E-state index contributed by atoms with van der Waals surface area (Å²) in [5.41, 5.74) is 4.27. The van der Waals surface area contributed by atoms with Crippen molar-refractivity contribution < 1.29 is 14.8 Å². The molecule has 130 valence electrons. The van der Waals surface area contributed by atoms with E-state index < -0.39 is 4.92 Å². The van der Waals surface area contributed by atoms with Crippen LogP contribution in [0.3, 0.4) is 0 Å². The van der Waals surface area contributed by atoms with Crippen molar-refractivity contribution in [2.75, 3.05) is 12.4 Å². The summed E-state index contributed by atoms with van der Waals surface area (Å²) in [5.74, 6) is 0.0189. The summed E-state index contributed by atoms with van der Waals surface area (Å²) in [6.45, 7) is 1.82. The molecule has 0 radical (unpaired) electrons. The third-order valence-electron chi connectivity index (χ3n) is 3.19. The molecule has 1 amide bonds. The van der Waals surface area contributed by atoms with Gasteiger partial charge >= 0.3 is 0 Å². The molecule has 0 saturated heterocycles. The fourth-order valence-corrected chi connectivity index (χ4v) is 2.81. The van der Waals surface area contributed by atoms with E-state index in [0.29, 0.717) is 21.8 Å². The second-order valence-electron chi connectivity index (χ2n) is 5.12. The van der Waals surface area contributed by atoms with Gasteiger partial charge in [0, 0.05) is 22.9 Å². The molecule has 2 N–H and O–H groups in total. The van der Waals surface area contributed by atoms with Crippen LogP contribution in [0.25, 0.3) is 0 Å². The second kappa shape index (κ2) is 8.95. The number of aliphatic hydroxyl groups is 1. The van der Waals surface area contributed by atoms with Crippen LogP contribution >= 0.6 is 11.8 Å². The number of aliphatic hydroxyl groups excluding tert-OH is 1. The number of amides is 1. The van der Waals surface area contributed by atoms with Crippen molar-refractivity contribution in [3.63, 3.8) is 0 Å². The van der Waals surface area contributed by atoms with Crippen molar-refractivity contribution in [2.45, 2.75) is 11.8 Å². The van der Waals surface area contributed by atoms with Gasteiger partial charge in [-0.1, -0.05) is 23.8 Å². The van der Waals surface area contributed by atoms with Gasteiger partial charge in [0.05, 0.1) is 22.6 Å². The number of benzene rings is 2. The zero-order valence-corrected chi connectivity index (χ0v) is 14.3. The Morgan fingerprint density at radius 3 is 2.84 bits per heavy atom. The number of hydrogen-bond acceptors (Lipinski definition) is 6. The van der Waals surface area contributed by atoms with E-state index in [4.69, 9.17) is 5.11 Å². The summed E-state index contributed by atoms with van der Waals surface area (Å²) >= 11 is 1.21. The van der Waals surface area contributed by atoms with Gasteiger partial charge in [0.2, 0.25) is 0 Å². The largest absolute Gasteiger partial charge is 0.396 e. The van der Waals surface area contributed by atoms with Gasteiger partial charge in [0.1, 0.15) is 0 Å². The Balaban J connectivity index is 2.08. The van der Waals surface area contributed by atoms with Crippen LogP contribution < -0.4 is 5.43 Å². The molecule has 0 fully saturated rings. The molecule has 0 aliphatic carbocycles. The number of carbonyl (C=O) groups excluding carboxylic acids is 1. The Labute approximate surface area is 148 Å². The van der Waals surface area contributed by atoms with Crippen LogP contribution in [0, 0.1) is 17.0 Å². The smallest absolute Gasteiger partial charge is 0.283 e. The van der Waals surface area contributed by atoms with Gasteiger partial charge in [-0.05, 0) is 25.1 Å². The molecule has 0 aliphatic heterocycles. The summed E-state index contributed by atoms with van der Waals surface area (Å²) in [6, 6.07) is 11.7. The number of hydrazone groups is 1. The highest BCUT2D eigenvalue weighted by molar-refractivity contribution is 7.99. The number of hydrogen-bond donors (Lipinski definition) is 2. The SMILES string of the molecule is Cc1cccc(C(=O)NN=Cc2ccc(SCCO)c([N+](=O)[O-])c2)c1. The fraction of sp³-hybridized carbons (Fsp3) is 0.176. The first-order chi connectivity index (χ1) is 12.0. The van der Waals surface area contributed by atoms with Crippen LogP contribution in [0.2, 0.25) is 0 Å².